The van der Waals surface area contributed by atoms with Gasteiger partial charge in [0.05, 0.1) is 27.5 Å². The van der Waals surface area contributed by atoms with Crippen LogP contribution in [0.4, 0.5) is 17.1 Å². The van der Waals surface area contributed by atoms with E-state index < -0.39 is 16.8 Å². The quantitative estimate of drug-likeness (QED) is 0.143. The van der Waals surface area contributed by atoms with Gasteiger partial charge in [-0.15, -0.1) is 11.8 Å². The van der Waals surface area contributed by atoms with Crippen LogP contribution in [0.2, 0.25) is 5.02 Å². The van der Waals surface area contributed by atoms with Crippen LogP contribution in [0.3, 0.4) is 0 Å². The Hall–Kier alpha value is -4.46. The van der Waals surface area contributed by atoms with Crippen molar-refractivity contribution in [3.63, 3.8) is 0 Å². The van der Waals surface area contributed by atoms with Crippen LogP contribution in [0, 0.1) is 39.7 Å². The number of nitrogens with zero attached hydrogens (tertiary/aromatic N) is 2. The number of nitrogens with one attached hydrogen (secondary N) is 2. The molecule has 3 fully saturated rings. The van der Waals surface area contributed by atoms with Gasteiger partial charge in [0.15, 0.2) is 6.61 Å². The van der Waals surface area contributed by atoms with Gasteiger partial charge >= 0.3 is 4.87 Å². The fourth-order valence-corrected chi connectivity index (χ4v) is 11.1. The minimum Gasteiger partial charge on any atom is -0.484 e. The van der Waals surface area contributed by atoms with Crippen LogP contribution < -0.4 is 19.8 Å². The van der Waals surface area contributed by atoms with Crippen molar-refractivity contribution >= 4 is 69.5 Å². The largest absolute Gasteiger partial charge is 0.484 e. The molecule has 3 amide bonds. The normalized spacial score (nSPS) is 26.9. The molecule has 4 aromatic rings. The number of nitro groups is 1. The van der Waals surface area contributed by atoms with E-state index in [1.54, 1.807) is 42.1 Å². The molecule has 2 bridgehead atoms. The van der Waals surface area contributed by atoms with Gasteiger partial charge in [0.25, 0.3) is 11.6 Å². The highest BCUT2D eigenvalue weighted by molar-refractivity contribution is 8.00. The first-order valence-corrected chi connectivity index (χ1v) is 17.1. The van der Waals surface area contributed by atoms with Crippen molar-refractivity contribution in [3.05, 3.63) is 108 Å². The Bertz CT molecular complexity index is 2010. The minimum atomic E-state index is -0.520. The molecule has 7 atom stereocenters. The molecule has 238 valence electrons. The smallest absolute Gasteiger partial charge is 0.305 e. The maximum Gasteiger partial charge on any atom is 0.305 e. The first-order chi connectivity index (χ1) is 22.7. The molecular formula is C33H25ClN4O7S2. The summed E-state index contributed by atoms with van der Waals surface area (Å²) in [5.41, 5.74) is 1.71. The summed E-state index contributed by atoms with van der Waals surface area (Å²) in [6.45, 7) is -0.217. The fraction of sp³-hybridized carbons (Fsp3) is 0.273. The Kier molecular flexibility index (Phi) is 7.23. The number of benzene rings is 3. The highest BCUT2D eigenvalue weighted by Crippen LogP contribution is 2.68. The number of rotatable bonds is 7. The number of ether oxygens (including phenoxy) is 1. The summed E-state index contributed by atoms with van der Waals surface area (Å²) in [6.07, 6.45) is 0.722. The summed E-state index contributed by atoms with van der Waals surface area (Å²) < 4.78 is 5.89. The summed E-state index contributed by atoms with van der Waals surface area (Å²) in [4.78, 5) is 68.6. The van der Waals surface area contributed by atoms with E-state index in [4.69, 9.17) is 16.3 Å². The number of thioether (sulfide) groups is 1. The molecule has 14 heteroatoms. The van der Waals surface area contributed by atoms with Crippen LogP contribution in [0.25, 0.3) is 0 Å². The molecule has 2 aliphatic heterocycles. The second-order valence-electron chi connectivity index (χ2n) is 12.2. The van der Waals surface area contributed by atoms with Crippen molar-refractivity contribution in [2.45, 2.75) is 22.6 Å². The molecule has 3 aromatic carbocycles. The molecule has 0 spiro atoms. The maximum absolute atomic E-state index is 14.0. The summed E-state index contributed by atoms with van der Waals surface area (Å²) in [5.74, 6) is -1.82. The molecule has 0 radical (unpaired) electrons. The number of non-ortho nitro benzene ring substituents is 1. The van der Waals surface area contributed by atoms with Crippen LogP contribution in [-0.2, 0) is 14.4 Å². The molecule has 1 aromatic heterocycles. The van der Waals surface area contributed by atoms with Crippen molar-refractivity contribution in [3.8, 4) is 5.75 Å². The number of amides is 3. The van der Waals surface area contributed by atoms with Gasteiger partial charge in [0.2, 0.25) is 11.8 Å². The van der Waals surface area contributed by atoms with Gasteiger partial charge in [0, 0.05) is 38.9 Å². The van der Waals surface area contributed by atoms with E-state index in [1.807, 2.05) is 18.2 Å². The Morgan fingerprint density at radius 3 is 2.47 bits per heavy atom. The number of anilines is 2. The van der Waals surface area contributed by atoms with E-state index in [-0.39, 0.29) is 63.8 Å². The standard InChI is InChI=1S/C33H25ClN4O7S2/c34-16-4-6-17(7-5-16)35-23(39)14-45-20-3-1-2-15(12-20)24-25-21-13-22(28(25)46-30-29(24)47-33(42)36-30)27-26(21)31(40)37(32(27)41)18-8-10-19(11-9-18)38(43)44/h1-12,21-22,24-28H,13-14H2,(H,35,39)(H,36,42)/t21-,22-,24+,25-,26+,27+,28-/m1/s1. The Balaban J connectivity index is 1.08. The number of nitro benzene ring substituents is 1. The number of halogens is 1. The molecule has 1 saturated heterocycles. The van der Waals surface area contributed by atoms with Crippen molar-refractivity contribution in [2.24, 2.45) is 29.6 Å². The van der Waals surface area contributed by atoms with Crippen LogP contribution >= 0.6 is 34.7 Å². The number of fused-ring (bicyclic) bond motifs is 9. The van der Waals surface area contributed by atoms with Gasteiger partial charge in [-0.1, -0.05) is 35.1 Å². The SMILES string of the molecule is O=C(COc1cccc([C@@H]2c3sc(=O)[nH]c3S[C@@H]3[C@@H]4C[C@@H]([C@@H]5C(=O)N(c6ccc([N+](=O)[O-])cc6)C(=O)[C@@H]45)[C@H]23)c1)Nc1ccc(Cl)cc1. The Labute approximate surface area is 280 Å². The second-order valence-corrected chi connectivity index (χ2v) is 14.8. The van der Waals surface area contributed by atoms with Crippen molar-refractivity contribution in [1.29, 1.82) is 0 Å². The highest BCUT2D eigenvalue weighted by atomic mass is 35.5. The number of hydrogen-bond donors (Lipinski definition) is 2. The van der Waals surface area contributed by atoms with Crippen LogP contribution in [-0.4, -0.2) is 39.5 Å². The van der Waals surface area contributed by atoms with E-state index >= 15 is 0 Å². The maximum atomic E-state index is 14.0. The van der Waals surface area contributed by atoms with Gasteiger partial charge < -0.3 is 15.0 Å². The number of H-pyrrole nitrogens is 1. The third-order valence-electron chi connectivity index (χ3n) is 9.76. The minimum absolute atomic E-state index is 0.00714. The van der Waals surface area contributed by atoms with Crippen molar-refractivity contribution in [2.75, 3.05) is 16.8 Å². The Morgan fingerprint density at radius 1 is 1.02 bits per heavy atom. The third kappa shape index (κ3) is 4.95. The van der Waals surface area contributed by atoms with Crippen LogP contribution in [0.1, 0.15) is 22.8 Å². The zero-order chi connectivity index (χ0) is 32.6. The third-order valence-corrected chi connectivity index (χ3v) is 12.6. The zero-order valence-electron chi connectivity index (χ0n) is 24.3. The molecule has 4 aliphatic rings. The van der Waals surface area contributed by atoms with E-state index in [1.165, 1.54) is 29.2 Å². The first-order valence-electron chi connectivity index (χ1n) is 15.0. The molecule has 11 nitrogen and oxygen atoms in total. The number of aromatic amines is 1. The summed E-state index contributed by atoms with van der Waals surface area (Å²) >= 11 is 8.68. The molecule has 2 aliphatic carbocycles. The van der Waals surface area contributed by atoms with Gasteiger partial charge in [-0.3, -0.25) is 34.2 Å². The molecule has 0 unspecified atom stereocenters. The first kappa shape index (κ1) is 29.9. The number of carbonyl (C=O) groups excluding carboxylic acids is 3. The average Bonchev–Trinajstić information content (AvgIpc) is 3.80. The Morgan fingerprint density at radius 2 is 1.74 bits per heavy atom. The van der Waals surface area contributed by atoms with Crippen molar-refractivity contribution < 1.29 is 24.0 Å². The van der Waals surface area contributed by atoms with Crippen molar-refractivity contribution in [1.82, 2.24) is 4.98 Å². The predicted octanol–water partition coefficient (Wildman–Crippen LogP) is 5.69. The molecule has 47 heavy (non-hydrogen) atoms. The lowest BCUT2D eigenvalue weighted by molar-refractivity contribution is -0.384. The molecule has 2 N–H and O–H groups in total. The van der Waals surface area contributed by atoms with Gasteiger partial charge in [-0.2, -0.15) is 0 Å². The van der Waals surface area contributed by atoms with E-state index in [0.29, 0.717) is 22.1 Å². The van der Waals surface area contributed by atoms with Crippen LogP contribution in [0.15, 0.2) is 82.6 Å². The van der Waals surface area contributed by atoms with E-state index in [9.17, 15) is 29.3 Å². The average molecular weight is 689 g/mol. The van der Waals surface area contributed by atoms with E-state index in [2.05, 4.69) is 10.3 Å². The summed E-state index contributed by atoms with van der Waals surface area (Å²) in [7, 11) is 0. The molecule has 3 heterocycles. The monoisotopic (exact) mass is 688 g/mol. The topological polar surface area (TPSA) is 152 Å². The van der Waals surface area contributed by atoms with E-state index in [0.717, 1.165) is 33.2 Å². The lowest BCUT2D eigenvalue weighted by Gasteiger charge is -2.43. The fourth-order valence-electron chi connectivity index (χ4n) is 8.04. The van der Waals surface area contributed by atoms with Gasteiger partial charge in [-0.05, 0) is 78.3 Å². The number of thiazole rings is 1. The summed E-state index contributed by atoms with van der Waals surface area (Å²) in [5, 5.41) is 15.3. The molecular weight excluding hydrogens is 664 g/mol. The lowest BCUT2D eigenvalue weighted by Crippen LogP contribution is -2.42. The number of carbonyl (C=O) groups is 3. The lowest BCUT2D eigenvalue weighted by atomic mass is 9.68. The van der Waals surface area contributed by atoms with Gasteiger partial charge in [0.1, 0.15) is 5.75 Å². The number of hydrogen-bond acceptors (Lipinski definition) is 9. The summed E-state index contributed by atoms with van der Waals surface area (Å²) in [6, 6.07) is 19.7. The predicted molar refractivity (Wildman–Crippen MR) is 176 cm³/mol. The highest BCUT2D eigenvalue weighted by Gasteiger charge is 2.69. The zero-order valence-corrected chi connectivity index (χ0v) is 26.7. The van der Waals surface area contributed by atoms with Crippen LogP contribution in [0.5, 0.6) is 5.75 Å². The van der Waals surface area contributed by atoms with Gasteiger partial charge in [-0.25, -0.2) is 0 Å². The number of aromatic nitrogens is 1. The molecule has 8 rings (SSSR count). The molecule has 2 saturated carbocycles. The second kappa shape index (κ2) is 11.4. The number of imide groups is 1.